The van der Waals surface area contributed by atoms with Crippen LogP contribution >= 0.6 is 7.82 Å². The van der Waals surface area contributed by atoms with Gasteiger partial charge in [0.05, 0.1) is 6.61 Å². The van der Waals surface area contributed by atoms with Crippen molar-refractivity contribution >= 4 is 19.8 Å². The summed E-state index contributed by atoms with van der Waals surface area (Å²) in [5.41, 5.74) is 0. The fraction of sp³-hybridized carbons (Fsp3) is 0.814. The van der Waals surface area contributed by atoms with Crippen molar-refractivity contribution in [3.63, 3.8) is 0 Å². The van der Waals surface area contributed by atoms with E-state index in [1.165, 1.54) is 57.8 Å². The predicted octanol–water partition coefficient (Wildman–Crippen LogP) is 7.83. The zero-order chi connectivity index (χ0) is 42.2. The van der Waals surface area contributed by atoms with Crippen LogP contribution in [0.15, 0.2) is 36.5 Å². The van der Waals surface area contributed by atoms with E-state index >= 15 is 0 Å². The quantitative estimate of drug-likeness (QED) is 0.0156. The van der Waals surface area contributed by atoms with E-state index in [1.54, 1.807) is 0 Å². The molecule has 0 amide bonds. The van der Waals surface area contributed by atoms with Crippen LogP contribution < -0.4 is 0 Å². The molecule has 0 radical (unpaired) electrons. The highest BCUT2D eigenvalue weighted by molar-refractivity contribution is 7.47. The summed E-state index contributed by atoms with van der Waals surface area (Å²) in [7, 11) is -5.12. The topological polar surface area (TPSA) is 210 Å². The first-order valence-corrected chi connectivity index (χ1v) is 23.3. The van der Waals surface area contributed by atoms with Gasteiger partial charge in [0, 0.05) is 12.8 Å². The molecule has 1 saturated carbocycles. The fourth-order valence-corrected chi connectivity index (χ4v) is 7.45. The van der Waals surface area contributed by atoms with Gasteiger partial charge in [-0.15, -0.1) is 0 Å². The molecule has 0 aromatic rings. The van der Waals surface area contributed by atoms with Gasteiger partial charge in [0.15, 0.2) is 6.10 Å². The monoisotopic (exact) mass is 833 g/mol. The van der Waals surface area contributed by atoms with Crippen molar-refractivity contribution in [2.24, 2.45) is 0 Å². The maximum absolute atomic E-state index is 12.8. The number of aliphatic hydroxyl groups excluding tert-OH is 5. The molecule has 0 bridgehead atoms. The highest BCUT2D eigenvalue weighted by atomic mass is 31.2. The van der Waals surface area contributed by atoms with Crippen molar-refractivity contribution in [3.05, 3.63) is 36.5 Å². The maximum Gasteiger partial charge on any atom is 0.472 e. The summed E-state index contributed by atoms with van der Waals surface area (Å²) in [5, 5.41) is 50.0. The van der Waals surface area contributed by atoms with Crippen molar-refractivity contribution in [1.82, 2.24) is 0 Å². The zero-order valence-corrected chi connectivity index (χ0v) is 35.8. The van der Waals surface area contributed by atoms with Gasteiger partial charge in [-0.05, 0) is 44.9 Å². The van der Waals surface area contributed by atoms with Crippen LogP contribution in [-0.2, 0) is 32.7 Å². The molecule has 332 valence electrons. The normalized spacial score (nSPS) is 23.0. The van der Waals surface area contributed by atoms with E-state index in [1.807, 2.05) is 0 Å². The molecule has 57 heavy (non-hydrogen) atoms. The smallest absolute Gasteiger partial charge is 0.462 e. The van der Waals surface area contributed by atoms with E-state index in [2.05, 4.69) is 50.3 Å². The number of aliphatic hydroxyl groups is 5. The average Bonchev–Trinajstić information content (AvgIpc) is 3.19. The van der Waals surface area contributed by atoms with E-state index in [0.717, 1.165) is 70.6 Å². The third-order valence-corrected chi connectivity index (χ3v) is 11.0. The number of phosphoric acid groups is 1. The molecule has 0 spiro atoms. The van der Waals surface area contributed by atoms with Crippen LogP contribution in [0.25, 0.3) is 0 Å². The highest BCUT2D eigenvalue weighted by Crippen LogP contribution is 2.47. The molecule has 1 aliphatic rings. The zero-order valence-electron chi connectivity index (χ0n) is 34.9. The Morgan fingerprint density at radius 2 is 1.00 bits per heavy atom. The van der Waals surface area contributed by atoms with Crippen molar-refractivity contribution in [1.29, 1.82) is 0 Å². The fourth-order valence-electron chi connectivity index (χ4n) is 6.48. The number of hydrogen-bond donors (Lipinski definition) is 6. The largest absolute Gasteiger partial charge is 0.472 e. The minimum Gasteiger partial charge on any atom is -0.462 e. The minimum atomic E-state index is -5.12. The average molecular weight is 833 g/mol. The Bertz CT molecular complexity index is 1150. The lowest BCUT2D eigenvalue weighted by atomic mass is 9.85. The maximum atomic E-state index is 12.8. The Morgan fingerprint density at radius 3 is 1.53 bits per heavy atom. The van der Waals surface area contributed by atoms with Gasteiger partial charge < -0.3 is 39.9 Å². The second-order valence-electron chi connectivity index (χ2n) is 15.2. The van der Waals surface area contributed by atoms with Crippen molar-refractivity contribution in [3.8, 4) is 0 Å². The Balaban J connectivity index is 2.50. The third-order valence-electron chi connectivity index (χ3n) is 10.00. The second kappa shape index (κ2) is 33.9. The Hall–Kier alpha value is -1.93. The Morgan fingerprint density at radius 1 is 0.561 bits per heavy atom. The van der Waals surface area contributed by atoms with Crippen molar-refractivity contribution in [2.75, 3.05) is 13.2 Å². The van der Waals surface area contributed by atoms with E-state index in [-0.39, 0.29) is 12.8 Å². The molecule has 6 N–H and O–H groups in total. The number of phosphoric ester groups is 1. The molecule has 14 heteroatoms. The van der Waals surface area contributed by atoms with Gasteiger partial charge in [0.25, 0.3) is 0 Å². The number of allylic oxidation sites excluding steroid dienone is 6. The Kier molecular flexibility index (Phi) is 31.5. The highest BCUT2D eigenvalue weighted by Gasteiger charge is 2.51. The van der Waals surface area contributed by atoms with Gasteiger partial charge in [-0.1, -0.05) is 147 Å². The molecule has 13 nitrogen and oxygen atoms in total. The van der Waals surface area contributed by atoms with Gasteiger partial charge in [-0.3, -0.25) is 18.6 Å². The third kappa shape index (κ3) is 26.7. The van der Waals surface area contributed by atoms with Crippen LogP contribution in [0.2, 0.25) is 0 Å². The molecule has 0 saturated heterocycles. The van der Waals surface area contributed by atoms with Gasteiger partial charge >= 0.3 is 19.8 Å². The number of hydrogen-bond acceptors (Lipinski definition) is 12. The first kappa shape index (κ1) is 53.1. The molecule has 0 aliphatic heterocycles. The summed E-state index contributed by atoms with van der Waals surface area (Å²) in [6.07, 6.45) is 23.5. The number of carbonyl (C=O) groups excluding carboxylic acids is 2. The van der Waals surface area contributed by atoms with Gasteiger partial charge in [-0.25, -0.2) is 4.57 Å². The van der Waals surface area contributed by atoms with E-state index in [9.17, 15) is 44.6 Å². The van der Waals surface area contributed by atoms with Crippen LogP contribution in [0.3, 0.4) is 0 Å². The molecule has 3 unspecified atom stereocenters. The van der Waals surface area contributed by atoms with Gasteiger partial charge in [0.1, 0.15) is 43.2 Å². The number of unbranched alkanes of at least 4 members (excludes halogenated alkanes) is 17. The summed E-state index contributed by atoms with van der Waals surface area (Å²) in [6.45, 7) is 3.16. The van der Waals surface area contributed by atoms with Crippen molar-refractivity contribution < 1.29 is 63.1 Å². The lowest BCUT2D eigenvalue weighted by Crippen LogP contribution is -2.64. The first-order chi connectivity index (χ1) is 27.4. The summed E-state index contributed by atoms with van der Waals surface area (Å²) >= 11 is 0. The van der Waals surface area contributed by atoms with Gasteiger partial charge in [-0.2, -0.15) is 0 Å². The van der Waals surface area contributed by atoms with E-state index in [4.69, 9.17) is 18.5 Å². The van der Waals surface area contributed by atoms with Crippen molar-refractivity contribution in [2.45, 2.75) is 211 Å². The second-order valence-corrected chi connectivity index (χ2v) is 16.6. The number of rotatable bonds is 35. The van der Waals surface area contributed by atoms with Gasteiger partial charge in [0.2, 0.25) is 0 Å². The minimum absolute atomic E-state index is 0.0783. The first-order valence-electron chi connectivity index (χ1n) is 21.8. The van der Waals surface area contributed by atoms with E-state index in [0.29, 0.717) is 12.8 Å². The summed E-state index contributed by atoms with van der Waals surface area (Å²) in [5.74, 6) is -1.12. The van der Waals surface area contributed by atoms with Crippen LogP contribution in [-0.4, -0.2) is 98.3 Å². The molecule has 1 aliphatic carbocycles. The molecule has 1 fully saturated rings. The molecular weight excluding hydrogens is 755 g/mol. The molecule has 0 heterocycles. The van der Waals surface area contributed by atoms with Crippen LogP contribution in [0.1, 0.15) is 168 Å². The summed E-state index contributed by atoms with van der Waals surface area (Å²) in [4.78, 5) is 35.6. The SMILES string of the molecule is CC/C=C\C/C=C\C/C=C\CCCCCCCC(=O)O[C@H](COC(=O)CCCCCCCCCCCCCCC)COP(=O)(O)OC1[C@@H](O)[C@H](O)C(O)[C@H](O)[C@H]1O. The summed E-state index contributed by atoms with van der Waals surface area (Å²) < 4.78 is 33.4. The number of ether oxygens (including phenoxy) is 2. The molecule has 0 aromatic carbocycles. The van der Waals surface area contributed by atoms with Crippen LogP contribution in [0.5, 0.6) is 0 Å². The molecular formula is C43H77O13P. The van der Waals surface area contributed by atoms with Crippen LogP contribution in [0.4, 0.5) is 0 Å². The van der Waals surface area contributed by atoms with Crippen LogP contribution in [0, 0.1) is 0 Å². The summed E-state index contributed by atoms with van der Waals surface area (Å²) in [6, 6.07) is 0. The lowest BCUT2D eigenvalue weighted by molar-refractivity contribution is -0.220. The van der Waals surface area contributed by atoms with E-state index < -0.39 is 75.7 Å². The number of carbonyl (C=O) groups is 2. The molecule has 1 rings (SSSR count). The Labute approximate surface area is 342 Å². The molecule has 8 atom stereocenters. The predicted molar refractivity (Wildman–Crippen MR) is 221 cm³/mol. The lowest BCUT2D eigenvalue weighted by Gasteiger charge is -2.41. The standard InChI is InChI=1S/C43H77O13P/c1-3-5-7-9-11-13-15-17-18-20-22-24-26-28-30-32-37(45)55-35(34-54-57(51,52)56-43-41(49)39(47)38(46)40(48)42(43)50)33-53-36(44)31-29-27-25-23-21-19-16-14-12-10-8-6-4-2/h5,7,11,13,17-18,35,38-43,46-50H,3-4,6,8-10,12,14-16,19-34H2,1-2H3,(H,51,52)/b7-5-,13-11-,18-17-/t35-,38?,39-,40+,41+,42-,43?/m1/s1. The number of esters is 2. The molecule has 0 aromatic heterocycles.